The molecule has 0 saturated heterocycles. The van der Waals surface area contributed by atoms with Gasteiger partial charge >= 0.3 is 6.03 Å². The molecule has 0 aromatic heterocycles. The molecule has 6 nitrogen and oxygen atoms in total. The van der Waals surface area contributed by atoms with E-state index in [1.807, 2.05) is 0 Å². The molecule has 0 spiro atoms. The molecule has 0 rings (SSSR count). The zero-order chi connectivity index (χ0) is 17.4. The predicted octanol–water partition coefficient (Wildman–Crippen LogP) is 3.48. The molecular weight excluding hydrogens is 316 g/mol. The number of hydrogen-bond acceptors (Lipinski definition) is 3. The summed E-state index contributed by atoms with van der Waals surface area (Å²) in [5.74, 6) is -0.328. The highest BCUT2D eigenvalue weighted by atomic mass is 32.2. The zero-order valence-electron chi connectivity index (χ0n) is 14.5. The molecule has 2 amide bonds. The van der Waals surface area contributed by atoms with Gasteiger partial charge in [0, 0.05) is 13.1 Å². The van der Waals surface area contributed by atoms with Gasteiger partial charge in [0.25, 0.3) is 10.1 Å². The Morgan fingerprint density at radius 2 is 1.22 bits per heavy atom. The van der Waals surface area contributed by atoms with Gasteiger partial charge in [0.15, 0.2) is 0 Å². The fourth-order valence-corrected chi connectivity index (χ4v) is 2.84. The van der Waals surface area contributed by atoms with E-state index in [1.165, 1.54) is 51.4 Å². The maximum absolute atomic E-state index is 11.4. The van der Waals surface area contributed by atoms with Crippen LogP contribution in [0, 0.1) is 0 Å². The maximum atomic E-state index is 11.4. The number of carbonyl (C=O) groups is 1. The fraction of sp³-hybridized carbons (Fsp3) is 0.938. The van der Waals surface area contributed by atoms with Crippen molar-refractivity contribution in [2.45, 2.75) is 77.6 Å². The van der Waals surface area contributed by atoms with Gasteiger partial charge in [-0.1, -0.05) is 64.7 Å². The van der Waals surface area contributed by atoms with E-state index in [0.29, 0.717) is 6.54 Å². The molecule has 0 heterocycles. The fourth-order valence-electron chi connectivity index (χ4n) is 2.33. The van der Waals surface area contributed by atoms with Crippen molar-refractivity contribution in [3.63, 3.8) is 0 Å². The number of rotatable bonds is 15. The van der Waals surface area contributed by atoms with Crippen LogP contribution in [0.25, 0.3) is 0 Å². The topological polar surface area (TPSA) is 95.5 Å². The third-order valence-corrected chi connectivity index (χ3v) is 4.49. The summed E-state index contributed by atoms with van der Waals surface area (Å²) < 4.78 is 29.5. The highest BCUT2D eigenvalue weighted by Crippen LogP contribution is 2.10. The minimum Gasteiger partial charge on any atom is -0.338 e. The van der Waals surface area contributed by atoms with E-state index >= 15 is 0 Å². The van der Waals surface area contributed by atoms with Gasteiger partial charge in [-0.05, 0) is 12.8 Å². The van der Waals surface area contributed by atoms with Crippen LogP contribution in [-0.4, -0.2) is 37.8 Å². The molecule has 3 N–H and O–H groups in total. The zero-order valence-corrected chi connectivity index (χ0v) is 15.3. The summed E-state index contributed by atoms with van der Waals surface area (Å²) in [5, 5.41) is 5.31. The van der Waals surface area contributed by atoms with Crippen LogP contribution in [0.3, 0.4) is 0 Å². The van der Waals surface area contributed by atoms with E-state index in [4.69, 9.17) is 4.55 Å². The Balaban J connectivity index is 3.23. The second-order valence-electron chi connectivity index (χ2n) is 6.00. The lowest BCUT2D eigenvalue weighted by atomic mass is 10.1. The molecule has 23 heavy (non-hydrogen) atoms. The summed E-state index contributed by atoms with van der Waals surface area (Å²) in [6.07, 6.45) is 12.8. The third kappa shape index (κ3) is 19.1. The van der Waals surface area contributed by atoms with Gasteiger partial charge in [-0.25, -0.2) is 4.79 Å². The molecule has 7 heteroatoms. The van der Waals surface area contributed by atoms with Crippen LogP contribution in [0.5, 0.6) is 0 Å². The molecule has 0 fully saturated rings. The largest absolute Gasteiger partial charge is 0.338 e. The van der Waals surface area contributed by atoms with Crippen LogP contribution in [0.2, 0.25) is 0 Å². The van der Waals surface area contributed by atoms with Crippen molar-refractivity contribution in [3.8, 4) is 0 Å². The normalized spacial score (nSPS) is 11.4. The highest BCUT2D eigenvalue weighted by molar-refractivity contribution is 7.85. The average Bonchev–Trinajstić information content (AvgIpc) is 2.48. The second-order valence-corrected chi connectivity index (χ2v) is 7.58. The van der Waals surface area contributed by atoms with Crippen LogP contribution in [-0.2, 0) is 10.1 Å². The van der Waals surface area contributed by atoms with Gasteiger partial charge in [0.2, 0.25) is 0 Å². The van der Waals surface area contributed by atoms with Crippen LogP contribution in [0.1, 0.15) is 77.6 Å². The molecule has 0 aliphatic rings. The molecule has 0 aromatic carbocycles. The summed E-state index contributed by atoms with van der Waals surface area (Å²) in [7, 11) is -3.93. The number of urea groups is 1. The van der Waals surface area contributed by atoms with Crippen molar-refractivity contribution < 1.29 is 17.8 Å². The van der Waals surface area contributed by atoms with E-state index in [1.54, 1.807) is 0 Å². The van der Waals surface area contributed by atoms with Crippen molar-refractivity contribution in [1.82, 2.24) is 10.6 Å². The maximum Gasteiger partial charge on any atom is 0.314 e. The Morgan fingerprint density at radius 1 is 0.783 bits per heavy atom. The van der Waals surface area contributed by atoms with Crippen molar-refractivity contribution in [1.29, 1.82) is 0 Å². The molecule has 0 unspecified atom stereocenters. The third-order valence-electron chi connectivity index (χ3n) is 3.68. The Morgan fingerprint density at radius 3 is 1.70 bits per heavy atom. The minimum atomic E-state index is -3.93. The quantitative estimate of drug-likeness (QED) is 0.311. The first-order valence-electron chi connectivity index (χ1n) is 8.92. The van der Waals surface area contributed by atoms with Gasteiger partial charge in [-0.15, -0.1) is 0 Å². The van der Waals surface area contributed by atoms with Gasteiger partial charge in [0.1, 0.15) is 0 Å². The van der Waals surface area contributed by atoms with Crippen molar-refractivity contribution in [2.24, 2.45) is 0 Å². The second kappa shape index (κ2) is 14.8. The Labute approximate surface area is 141 Å². The molecule has 0 saturated carbocycles. The van der Waals surface area contributed by atoms with Crippen LogP contribution >= 0.6 is 0 Å². The lowest BCUT2D eigenvalue weighted by Gasteiger charge is -2.07. The van der Waals surface area contributed by atoms with Gasteiger partial charge in [-0.2, -0.15) is 8.42 Å². The first kappa shape index (κ1) is 22.2. The number of nitrogens with one attached hydrogen (secondary N) is 2. The molecule has 0 aromatic rings. The van der Waals surface area contributed by atoms with E-state index in [-0.39, 0.29) is 24.7 Å². The molecule has 0 atom stereocenters. The summed E-state index contributed by atoms with van der Waals surface area (Å²) >= 11 is 0. The van der Waals surface area contributed by atoms with Crippen LogP contribution in [0.15, 0.2) is 0 Å². The summed E-state index contributed by atoms with van der Waals surface area (Å²) in [4.78, 5) is 11.4. The van der Waals surface area contributed by atoms with E-state index in [2.05, 4.69) is 17.6 Å². The van der Waals surface area contributed by atoms with Crippen molar-refractivity contribution in [2.75, 3.05) is 18.8 Å². The first-order chi connectivity index (χ1) is 11.0. The molecule has 0 radical (unpaired) electrons. The number of carbonyl (C=O) groups excluding carboxylic acids is 1. The first-order valence-corrected chi connectivity index (χ1v) is 10.5. The van der Waals surface area contributed by atoms with Gasteiger partial charge in [-0.3, -0.25) is 4.55 Å². The van der Waals surface area contributed by atoms with E-state index in [9.17, 15) is 13.2 Å². The highest BCUT2D eigenvalue weighted by Gasteiger charge is 2.04. The van der Waals surface area contributed by atoms with Crippen molar-refractivity contribution in [3.05, 3.63) is 0 Å². The Hall–Kier alpha value is -0.820. The summed E-state index contributed by atoms with van der Waals surface area (Å²) in [5.41, 5.74) is 0. The summed E-state index contributed by atoms with van der Waals surface area (Å²) in [6.45, 7) is 3.11. The number of amides is 2. The minimum absolute atomic E-state index is 0.213. The van der Waals surface area contributed by atoms with Gasteiger partial charge < -0.3 is 10.6 Å². The number of unbranched alkanes of at least 4 members (excludes halogenated alkanes) is 9. The van der Waals surface area contributed by atoms with Gasteiger partial charge in [0.05, 0.1) is 5.75 Å². The molecule has 0 bridgehead atoms. The average molecular weight is 351 g/mol. The Bertz CT molecular complexity index is 386. The predicted molar refractivity (Wildman–Crippen MR) is 94.3 cm³/mol. The lowest BCUT2D eigenvalue weighted by molar-refractivity contribution is 0.240. The smallest absolute Gasteiger partial charge is 0.314 e. The van der Waals surface area contributed by atoms with Crippen molar-refractivity contribution >= 4 is 16.1 Å². The lowest BCUT2D eigenvalue weighted by Crippen LogP contribution is -2.36. The monoisotopic (exact) mass is 350 g/mol. The van der Waals surface area contributed by atoms with Crippen LogP contribution < -0.4 is 10.6 Å². The molecule has 0 aliphatic heterocycles. The van der Waals surface area contributed by atoms with Crippen LogP contribution in [0.4, 0.5) is 4.79 Å². The standard InChI is InChI=1S/C16H34N2O4S/c1-2-3-4-5-6-7-8-9-10-11-13-17-16(19)18-14-12-15-23(20,21)22/h2-15H2,1H3,(H2,17,18,19)(H,20,21,22). The molecule has 138 valence electrons. The van der Waals surface area contributed by atoms with E-state index in [0.717, 1.165) is 12.8 Å². The summed E-state index contributed by atoms with van der Waals surface area (Å²) in [6, 6.07) is -0.281. The molecular formula is C16H34N2O4S. The SMILES string of the molecule is CCCCCCCCCCCCNC(=O)NCCCS(=O)(=O)O. The Kier molecular flexibility index (Phi) is 14.2. The van der Waals surface area contributed by atoms with E-state index < -0.39 is 10.1 Å². The number of hydrogen-bond donors (Lipinski definition) is 3. The molecule has 0 aliphatic carbocycles.